The van der Waals surface area contributed by atoms with Crippen molar-refractivity contribution in [2.24, 2.45) is 0 Å². The summed E-state index contributed by atoms with van der Waals surface area (Å²) in [5.41, 5.74) is 0.0614. The molecule has 4 N–H and O–H groups in total. The first kappa shape index (κ1) is 29.6. The van der Waals surface area contributed by atoms with Crippen molar-refractivity contribution in [1.29, 1.82) is 5.26 Å². The molecule has 0 bridgehead atoms. The van der Waals surface area contributed by atoms with E-state index >= 15 is 0 Å². The molecule has 1 saturated carbocycles. The number of nitrogens with one attached hydrogen (secondary N) is 3. The standard InChI is InChI=1S/C25H26F3N7O2.C2H6/c1-24(2,37)20(26)13-32-23(36)16-12-31-22(8-18(16)33-15-5-6-25(27,28)9-15)35-21-4-3-17-19(34-21)7-14(10-29)11-30-17;1-2/h3-4,7-8,11-12,15,20,37H,5-6,9,13H2,1-2H3,(H,32,36)(H2,31,33,34,35);1-2H3. The van der Waals surface area contributed by atoms with Gasteiger partial charge in [-0.2, -0.15) is 5.26 Å². The number of alkyl halides is 3. The summed E-state index contributed by atoms with van der Waals surface area (Å²) in [6.07, 6.45) is 0.540. The van der Waals surface area contributed by atoms with E-state index < -0.39 is 36.2 Å². The molecule has 0 aliphatic heterocycles. The van der Waals surface area contributed by atoms with Crippen LogP contribution in [0.5, 0.6) is 0 Å². The number of halogens is 3. The van der Waals surface area contributed by atoms with Crippen molar-refractivity contribution < 1.29 is 23.1 Å². The van der Waals surface area contributed by atoms with E-state index in [4.69, 9.17) is 5.26 Å². The molecule has 1 aliphatic rings. The summed E-state index contributed by atoms with van der Waals surface area (Å²) in [6, 6.07) is 7.88. The third-order valence-electron chi connectivity index (χ3n) is 6.04. The number of pyridine rings is 3. The molecule has 0 saturated heterocycles. The number of aromatic nitrogens is 3. The maximum atomic E-state index is 14.1. The molecule has 0 radical (unpaired) electrons. The van der Waals surface area contributed by atoms with Crippen LogP contribution in [0.1, 0.15) is 62.9 Å². The minimum Gasteiger partial charge on any atom is -0.387 e. The van der Waals surface area contributed by atoms with Crippen molar-refractivity contribution in [3.8, 4) is 6.07 Å². The highest BCUT2D eigenvalue weighted by Gasteiger charge is 2.39. The van der Waals surface area contributed by atoms with Crippen LogP contribution < -0.4 is 16.0 Å². The van der Waals surface area contributed by atoms with E-state index in [2.05, 4.69) is 30.9 Å². The largest absolute Gasteiger partial charge is 0.387 e. The van der Waals surface area contributed by atoms with Gasteiger partial charge < -0.3 is 21.1 Å². The fourth-order valence-corrected chi connectivity index (χ4v) is 3.91. The lowest BCUT2D eigenvalue weighted by Crippen LogP contribution is -2.42. The molecule has 0 spiro atoms. The average Bonchev–Trinajstić information content (AvgIpc) is 3.25. The Hall–Kier alpha value is -3.98. The van der Waals surface area contributed by atoms with Crippen molar-refractivity contribution in [2.45, 2.75) is 70.7 Å². The van der Waals surface area contributed by atoms with Crippen molar-refractivity contribution in [3.63, 3.8) is 0 Å². The van der Waals surface area contributed by atoms with E-state index in [1.807, 2.05) is 19.9 Å². The maximum absolute atomic E-state index is 14.1. The molecule has 0 aromatic carbocycles. The maximum Gasteiger partial charge on any atom is 0.255 e. The molecule has 2 atom stereocenters. The van der Waals surface area contributed by atoms with E-state index in [0.717, 1.165) is 0 Å². The molecule has 2 unspecified atom stereocenters. The van der Waals surface area contributed by atoms with Crippen molar-refractivity contribution in [1.82, 2.24) is 20.3 Å². The number of carbonyl (C=O) groups excluding carboxylic acids is 1. The summed E-state index contributed by atoms with van der Waals surface area (Å²) in [5, 5.41) is 27.3. The first-order valence-electron chi connectivity index (χ1n) is 12.7. The molecular formula is C27H32F3N7O2. The Kier molecular flexibility index (Phi) is 9.29. The summed E-state index contributed by atoms with van der Waals surface area (Å²) in [6.45, 7) is 6.14. The van der Waals surface area contributed by atoms with Crippen LogP contribution in [0.25, 0.3) is 11.0 Å². The van der Waals surface area contributed by atoms with Gasteiger partial charge in [0, 0.05) is 37.3 Å². The number of aliphatic hydroxyl groups is 1. The summed E-state index contributed by atoms with van der Waals surface area (Å²) in [7, 11) is 0. The second kappa shape index (κ2) is 12.3. The Morgan fingerprint density at radius 3 is 2.59 bits per heavy atom. The van der Waals surface area contributed by atoms with Gasteiger partial charge in [0.1, 0.15) is 23.9 Å². The minimum atomic E-state index is -2.80. The number of nitriles is 1. The Morgan fingerprint density at radius 1 is 1.21 bits per heavy atom. The molecule has 39 heavy (non-hydrogen) atoms. The lowest BCUT2D eigenvalue weighted by Gasteiger charge is -2.23. The van der Waals surface area contributed by atoms with Crippen LogP contribution in [0, 0.1) is 11.3 Å². The number of hydrogen-bond donors (Lipinski definition) is 4. The van der Waals surface area contributed by atoms with Crippen LogP contribution in [0.15, 0.2) is 36.7 Å². The monoisotopic (exact) mass is 543 g/mol. The highest BCUT2D eigenvalue weighted by Crippen LogP contribution is 2.37. The molecule has 3 heterocycles. The molecule has 9 nitrogen and oxygen atoms in total. The van der Waals surface area contributed by atoms with E-state index in [1.54, 1.807) is 18.2 Å². The molecule has 208 valence electrons. The molecule has 1 aliphatic carbocycles. The lowest BCUT2D eigenvalue weighted by molar-refractivity contribution is -0.00179. The number of anilines is 3. The van der Waals surface area contributed by atoms with Gasteiger partial charge in [-0.15, -0.1) is 0 Å². The Balaban J connectivity index is 0.00000205. The van der Waals surface area contributed by atoms with Crippen LogP contribution in [-0.4, -0.2) is 56.2 Å². The normalized spacial score (nSPS) is 16.9. The van der Waals surface area contributed by atoms with Crippen molar-refractivity contribution in [2.75, 3.05) is 17.2 Å². The summed E-state index contributed by atoms with van der Waals surface area (Å²) < 4.78 is 41.7. The van der Waals surface area contributed by atoms with E-state index in [9.17, 15) is 23.1 Å². The van der Waals surface area contributed by atoms with Gasteiger partial charge in [-0.1, -0.05) is 13.8 Å². The highest BCUT2D eigenvalue weighted by atomic mass is 19.3. The van der Waals surface area contributed by atoms with Gasteiger partial charge in [-0.05, 0) is 38.5 Å². The molecule has 1 fully saturated rings. The minimum absolute atomic E-state index is 0.0399. The fraction of sp³-hybridized carbons (Fsp3) is 0.444. The molecule has 3 aromatic rings. The molecular weight excluding hydrogens is 511 g/mol. The molecule has 1 amide bonds. The Bertz CT molecular complexity index is 1360. The zero-order chi connectivity index (χ0) is 28.8. The van der Waals surface area contributed by atoms with Crippen LogP contribution in [0.2, 0.25) is 0 Å². The average molecular weight is 544 g/mol. The second-order valence-corrected chi connectivity index (χ2v) is 9.58. The molecule has 4 rings (SSSR count). The van der Waals surface area contributed by atoms with E-state index in [0.29, 0.717) is 22.4 Å². The number of amides is 1. The number of fused-ring (bicyclic) bond motifs is 1. The number of carbonyl (C=O) groups is 1. The molecule has 3 aromatic heterocycles. The van der Waals surface area contributed by atoms with E-state index in [1.165, 1.54) is 32.3 Å². The quantitative estimate of drug-likeness (QED) is 0.308. The van der Waals surface area contributed by atoms with Gasteiger partial charge in [-0.25, -0.2) is 23.1 Å². The van der Waals surface area contributed by atoms with Crippen molar-refractivity contribution in [3.05, 3.63) is 47.8 Å². The summed E-state index contributed by atoms with van der Waals surface area (Å²) >= 11 is 0. The van der Waals surface area contributed by atoms with Gasteiger partial charge in [0.2, 0.25) is 5.92 Å². The van der Waals surface area contributed by atoms with Crippen molar-refractivity contribution >= 4 is 34.3 Å². The third-order valence-corrected chi connectivity index (χ3v) is 6.04. The van der Waals surface area contributed by atoms with Crippen LogP contribution in [0.3, 0.4) is 0 Å². The van der Waals surface area contributed by atoms with Gasteiger partial charge in [0.05, 0.1) is 40.0 Å². The zero-order valence-corrected chi connectivity index (χ0v) is 22.2. The first-order chi connectivity index (χ1) is 18.4. The van der Waals surface area contributed by atoms with E-state index in [-0.39, 0.29) is 36.3 Å². The van der Waals surface area contributed by atoms with Crippen LogP contribution in [-0.2, 0) is 0 Å². The first-order valence-corrected chi connectivity index (χ1v) is 12.7. The predicted molar refractivity (Wildman–Crippen MR) is 143 cm³/mol. The summed E-state index contributed by atoms with van der Waals surface area (Å²) in [5.74, 6) is -2.80. The lowest BCUT2D eigenvalue weighted by atomic mass is 10.0. The number of nitrogens with zero attached hydrogens (tertiary/aromatic N) is 4. The van der Waals surface area contributed by atoms with Gasteiger partial charge >= 0.3 is 0 Å². The third kappa shape index (κ3) is 7.77. The second-order valence-electron chi connectivity index (χ2n) is 9.58. The summed E-state index contributed by atoms with van der Waals surface area (Å²) in [4.78, 5) is 25.7. The number of rotatable bonds is 8. The fourth-order valence-electron chi connectivity index (χ4n) is 3.91. The predicted octanol–water partition coefficient (Wildman–Crippen LogP) is 5.10. The van der Waals surface area contributed by atoms with Crippen LogP contribution in [0.4, 0.5) is 30.5 Å². The van der Waals surface area contributed by atoms with Gasteiger partial charge in [0.15, 0.2) is 0 Å². The Labute approximate surface area is 224 Å². The van der Waals surface area contributed by atoms with Crippen LogP contribution >= 0.6 is 0 Å². The highest BCUT2D eigenvalue weighted by molar-refractivity contribution is 6.00. The number of hydrogen-bond acceptors (Lipinski definition) is 8. The van der Waals surface area contributed by atoms with Gasteiger partial charge in [-0.3, -0.25) is 9.78 Å². The SMILES string of the molecule is CC.CC(C)(O)C(F)CNC(=O)c1cnc(Nc2ccc3ncc(C#N)cc3n2)cc1NC1CCC(F)(F)C1. The van der Waals surface area contributed by atoms with Gasteiger partial charge in [0.25, 0.3) is 5.91 Å². The Morgan fingerprint density at radius 2 is 1.95 bits per heavy atom. The smallest absolute Gasteiger partial charge is 0.255 e. The molecule has 12 heteroatoms. The topological polar surface area (TPSA) is 136 Å². The zero-order valence-electron chi connectivity index (χ0n) is 22.2.